The first kappa shape index (κ1) is 18.8. The van der Waals surface area contributed by atoms with Crippen LogP contribution in [0, 0.1) is 0 Å². The minimum absolute atomic E-state index is 0.0709. The number of nitrogens with zero attached hydrogens (tertiary/aromatic N) is 4. The number of carbonyl (C=O) groups is 2. The topological polar surface area (TPSA) is 105 Å². The highest BCUT2D eigenvalue weighted by Gasteiger charge is 2.45. The molecule has 2 atom stereocenters. The van der Waals surface area contributed by atoms with Crippen molar-refractivity contribution >= 4 is 21.8 Å². The molecule has 26 heavy (non-hydrogen) atoms. The molecule has 3 heterocycles. The van der Waals surface area contributed by atoms with Gasteiger partial charge in [-0.15, -0.1) is 0 Å². The van der Waals surface area contributed by atoms with Crippen molar-refractivity contribution in [3.8, 4) is 0 Å². The maximum absolute atomic E-state index is 12.8. The smallest absolute Gasteiger partial charge is 0.269 e. The Hall–Kier alpha value is -1.94. The van der Waals surface area contributed by atoms with Crippen LogP contribution in [0.25, 0.3) is 0 Å². The summed E-state index contributed by atoms with van der Waals surface area (Å²) < 4.78 is 27.3. The zero-order chi connectivity index (χ0) is 18.9. The fraction of sp³-hybridized carbons (Fsp3) is 0.688. The average Bonchev–Trinajstić information content (AvgIpc) is 3.21. The van der Waals surface area contributed by atoms with Gasteiger partial charge in [0.05, 0.1) is 11.8 Å². The number of hydrogen-bond donors (Lipinski definition) is 1. The van der Waals surface area contributed by atoms with Crippen LogP contribution in [0.4, 0.5) is 0 Å². The van der Waals surface area contributed by atoms with Gasteiger partial charge in [0.15, 0.2) is 0 Å². The lowest BCUT2D eigenvalue weighted by Gasteiger charge is -2.23. The van der Waals surface area contributed by atoms with Crippen LogP contribution >= 0.6 is 0 Å². The Labute approximate surface area is 153 Å². The molecule has 0 bridgehead atoms. The molecule has 2 fully saturated rings. The van der Waals surface area contributed by atoms with Gasteiger partial charge < -0.3 is 5.32 Å². The Bertz CT molecular complexity index is 790. The highest BCUT2D eigenvalue weighted by atomic mass is 32.2. The van der Waals surface area contributed by atoms with Crippen molar-refractivity contribution < 1.29 is 18.0 Å². The summed E-state index contributed by atoms with van der Waals surface area (Å²) in [5.41, 5.74) is 0.483. The quantitative estimate of drug-likeness (QED) is 0.746. The van der Waals surface area contributed by atoms with Gasteiger partial charge in [-0.25, -0.2) is 12.7 Å². The lowest BCUT2D eigenvalue weighted by molar-refractivity contribution is -0.130. The van der Waals surface area contributed by atoms with Crippen molar-refractivity contribution in [1.29, 1.82) is 0 Å². The SMILES string of the molecule is CCCN1C(=O)[C@@H]2C[C@H](NC(=O)c3ccnn3CC)CN2CCS1(=O)=O. The Morgan fingerprint density at radius 2 is 2.15 bits per heavy atom. The lowest BCUT2D eigenvalue weighted by Crippen LogP contribution is -2.44. The maximum atomic E-state index is 12.8. The summed E-state index contributed by atoms with van der Waals surface area (Å²) in [5.74, 6) is -0.671. The van der Waals surface area contributed by atoms with Crippen molar-refractivity contribution in [3.05, 3.63) is 18.0 Å². The van der Waals surface area contributed by atoms with Gasteiger partial charge in [0.2, 0.25) is 10.0 Å². The molecule has 1 aromatic heterocycles. The molecular weight excluding hydrogens is 358 g/mol. The van der Waals surface area contributed by atoms with E-state index in [1.807, 2.05) is 18.7 Å². The molecule has 0 aliphatic carbocycles. The van der Waals surface area contributed by atoms with Crippen LogP contribution in [0.2, 0.25) is 0 Å². The summed E-state index contributed by atoms with van der Waals surface area (Å²) in [5, 5.41) is 7.05. The molecule has 0 spiro atoms. The number of fused-ring (bicyclic) bond motifs is 1. The molecule has 3 rings (SSSR count). The second-order valence-corrected chi connectivity index (χ2v) is 8.69. The van der Waals surface area contributed by atoms with Crippen molar-refractivity contribution in [2.45, 2.75) is 45.3 Å². The first-order valence-corrected chi connectivity index (χ1v) is 10.6. The normalized spacial score (nSPS) is 25.8. The number of aryl methyl sites for hydroxylation is 1. The van der Waals surface area contributed by atoms with E-state index in [0.29, 0.717) is 38.2 Å². The molecule has 0 unspecified atom stereocenters. The molecule has 2 saturated heterocycles. The number of amides is 2. The summed E-state index contributed by atoms with van der Waals surface area (Å²) in [6.07, 6.45) is 2.58. The van der Waals surface area contributed by atoms with Gasteiger partial charge in [0.1, 0.15) is 5.69 Å². The molecular formula is C16H25N5O4S. The number of hydrogen-bond acceptors (Lipinski definition) is 6. The Balaban J connectivity index is 1.71. The number of rotatable bonds is 5. The van der Waals surface area contributed by atoms with Crippen LogP contribution in [0.15, 0.2) is 12.3 Å². The summed E-state index contributed by atoms with van der Waals surface area (Å²) in [4.78, 5) is 27.1. The van der Waals surface area contributed by atoms with Crippen molar-refractivity contribution in [2.24, 2.45) is 0 Å². The third-order valence-electron chi connectivity index (χ3n) is 4.92. The van der Waals surface area contributed by atoms with Crippen molar-refractivity contribution in [3.63, 3.8) is 0 Å². The molecule has 1 N–H and O–H groups in total. The van der Waals surface area contributed by atoms with E-state index >= 15 is 0 Å². The fourth-order valence-electron chi connectivity index (χ4n) is 3.65. The Kier molecular flexibility index (Phi) is 5.33. The van der Waals surface area contributed by atoms with E-state index in [1.165, 1.54) is 0 Å². The van der Waals surface area contributed by atoms with E-state index in [-0.39, 0.29) is 30.2 Å². The second kappa shape index (κ2) is 7.36. The molecule has 0 saturated carbocycles. The van der Waals surface area contributed by atoms with Crippen LogP contribution in [0.1, 0.15) is 37.2 Å². The van der Waals surface area contributed by atoms with E-state index in [0.717, 1.165) is 4.31 Å². The van der Waals surface area contributed by atoms with Gasteiger partial charge in [-0.2, -0.15) is 5.10 Å². The van der Waals surface area contributed by atoms with Gasteiger partial charge >= 0.3 is 0 Å². The van der Waals surface area contributed by atoms with Crippen LogP contribution in [-0.2, 0) is 21.4 Å². The van der Waals surface area contributed by atoms with Crippen molar-refractivity contribution in [1.82, 2.24) is 24.3 Å². The molecule has 2 aliphatic heterocycles. The third kappa shape index (κ3) is 3.48. The Morgan fingerprint density at radius 3 is 2.85 bits per heavy atom. The zero-order valence-electron chi connectivity index (χ0n) is 15.1. The minimum Gasteiger partial charge on any atom is -0.347 e. The molecule has 144 valence electrons. The van der Waals surface area contributed by atoms with E-state index in [9.17, 15) is 18.0 Å². The molecule has 9 nitrogen and oxygen atoms in total. The monoisotopic (exact) mass is 383 g/mol. The molecule has 0 radical (unpaired) electrons. The van der Waals surface area contributed by atoms with E-state index < -0.39 is 16.1 Å². The summed E-state index contributed by atoms with van der Waals surface area (Å²) in [6.45, 7) is 5.33. The predicted octanol–water partition coefficient (Wildman–Crippen LogP) is -0.342. The van der Waals surface area contributed by atoms with Crippen LogP contribution in [0.5, 0.6) is 0 Å². The van der Waals surface area contributed by atoms with Crippen LogP contribution in [0.3, 0.4) is 0 Å². The van der Waals surface area contributed by atoms with Gasteiger partial charge in [-0.3, -0.25) is 19.2 Å². The van der Waals surface area contributed by atoms with Gasteiger partial charge in [0, 0.05) is 38.4 Å². The number of sulfonamides is 1. The molecule has 1 aromatic rings. The fourth-order valence-corrected chi connectivity index (χ4v) is 5.19. The predicted molar refractivity (Wildman–Crippen MR) is 94.9 cm³/mol. The standard InChI is InChI=1S/C16H25N5O4S/c1-3-7-21-16(23)14-10-12(11-19(14)8-9-26(21,24)25)18-15(22)13-5-6-17-20(13)4-2/h5-6,12,14H,3-4,7-11H2,1-2H3,(H,18,22)/t12-,14-/m0/s1. The van der Waals surface area contributed by atoms with E-state index in [4.69, 9.17) is 0 Å². The number of nitrogens with one attached hydrogen (secondary N) is 1. The maximum Gasteiger partial charge on any atom is 0.269 e. The van der Waals surface area contributed by atoms with E-state index in [2.05, 4.69) is 10.4 Å². The average molecular weight is 383 g/mol. The van der Waals surface area contributed by atoms with E-state index in [1.54, 1.807) is 16.9 Å². The first-order chi connectivity index (χ1) is 12.4. The van der Waals surface area contributed by atoms with Gasteiger partial charge in [-0.1, -0.05) is 6.92 Å². The second-order valence-electron chi connectivity index (χ2n) is 6.68. The zero-order valence-corrected chi connectivity index (χ0v) is 15.9. The Morgan fingerprint density at radius 1 is 1.38 bits per heavy atom. The summed E-state index contributed by atoms with van der Waals surface area (Å²) in [7, 11) is -3.56. The van der Waals surface area contributed by atoms with Gasteiger partial charge in [-0.05, 0) is 25.8 Å². The number of carbonyl (C=O) groups excluding carboxylic acids is 2. The third-order valence-corrected chi connectivity index (χ3v) is 6.65. The minimum atomic E-state index is -3.56. The number of aromatic nitrogens is 2. The molecule has 0 aromatic carbocycles. The highest BCUT2D eigenvalue weighted by Crippen LogP contribution is 2.25. The molecule has 10 heteroatoms. The molecule has 2 aliphatic rings. The van der Waals surface area contributed by atoms with Gasteiger partial charge in [0.25, 0.3) is 11.8 Å². The largest absolute Gasteiger partial charge is 0.347 e. The summed E-state index contributed by atoms with van der Waals surface area (Å²) >= 11 is 0. The first-order valence-electron chi connectivity index (χ1n) is 8.98. The lowest BCUT2D eigenvalue weighted by atomic mass is 10.1. The molecule has 2 amide bonds. The van der Waals surface area contributed by atoms with Crippen LogP contribution < -0.4 is 5.32 Å². The summed E-state index contributed by atoms with van der Waals surface area (Å²) in [6, 6.07) is 0.966. The van der Waals surface area contributed by atoms with Crippen molar-refractivity contribution in [2.75, 3.05) is 25.4 Å². The highest BCUT2D eigenvalue weighted by molar-refractivity contribution is 7.89. The van der Waals surface area contributed by atoms with Crippen LogP contribution in [-0.4, -0.2) is 76.7 Å².